The van der Waals surface area contributed by atoms with Crippen LogP contribution in [-0.2, 0) is 10.2 Å². The number of hydrogen-bond donors (Lipinski definition) is 1. The first-order chi connectivity index (χ1) is 7.49. The molecule has 0 aromatic carbocycles. The van der Waals surface area contributed by atoms with E-state index in [1.165, 1.54) is 4.31 Å². The Morgan fingerprint density at radius 1 is 1.25 bits per heavy atom. The summed E-state index contributed by atoms with van der Waals surface area (Å²) in [6, 6.07) is 0. The Labute approximate surface area is 104 Å². The van der Waals surface area contributed by atoms with Crippen LogP contribution in [0.15, 0.2) is 0 Å². The molecule has 6 heteroatoms. The Morgan fingerprint density at radius 2 is 1.75 bits per heavy atom. The van der Waals surface area contributed by atoms with Gasteiger partial charge in [-0.25, -0.2) is 0 Å². The standard InChI is InChI=1S/C10H21ClN2O2S/c1-3-10(4-2,9-11)12-16(14,15)13-7-5-6-8-13/h12H,3-9H2,1-2H3. The van der Waals surface area contributed by atoms with E-state index in [4.69, 9.17) is 11.6 Å². The third-order valence-electron chi connectivity index (χ3n) is 3.36. The molecule has 1 N–H and O–H groups in total. The minimum atomic E-state index is -3.36. The van der Waals surface area contributed by atoms with Gasteiger partial charge in [0, 0.05) is 24.5 Å². The number of alkyl halides is 1. The molecule has 0 aromatic heterocycles. The molecule has 16 heavy (non-hydrogen) atoms. The second-order valence-electron chi connectivity index (χ2n) is 4.33. The first-order valence-corrected chi connectivity index (χ1v) is 7.82. The van der Waals surface area contributed by atoms with Crippen molar-refractivity contribution in [1.82, 2.24) is 9.03 Å². The van der Waals surface area contributed by atoms with Gasteiger partial charge < -0.3 is 0 Å². The Kier molecular flexibility index (Phi) is 5.04. The smallest absolute Gasteiger partial charge is 0.195 e. The van der Waals surface area contributed by atoms with E-state index >= 15 is 0 Å². The van der Waals surface area contributed by atoms with E-state index < -0.39 is 15.7 Å². The van der Waals surface area contributed by atoms with E-state index in [1.807, 2.05) is 13.8 Å². The molecule has 0 aromatic rings. The Hall–Kier alpha value is 0.160. The predicted molar refractivity (Wildman–Crippen MR) is 66.9 cm³/mol. The van der Waals surface area contributed by atoms with E-state index in [2.05, 4.69) is 4.72 Å². The van der Waals surface area contributed by atoms with Crippen molar-refractivity contribution in [3.63, 3.8) is 0 Å². The zero-order valence-electron chi connectivity index (χ0n) is 10.00. The van der Waals surface area contributed by atoms with Gasteiger partial charge in [0.15, 0.2) is 0 Å². The van der Waals surface area contributed by atoms with Crippen molar-refractivity contribution in [2.24, 2.45) is 0 Å². The lowest BCUT2D eigenvalue weighted by atomic mass is 9.97. The normalized spacial score (nSPS) is 19.2. The van der Waals surface area contributed by atoms with Crippen LogP contribution in [0.3, 0.4) is 0 Å². The predicted octanol–water partition coefficient (Wildman–Crippen LogP) is 1.71. The van der Waals surface area contributed by atoms with E-state index in [9.17, 15) is 8.42 Å². The molecule has 4 nitrogen and oxygen atoms in total. The summed E-state index contributed by atoms with van der Waals surface area (Å²) < 4.78 is 28.4. The summed E-state index contributed by atoms with van der Waals surface area (Å²) in [5, 5.41) is 0. The molecule has 0 radical (unpaired) electrons. The summed E-state index contributed by atoms with van der Waals surface area (Å²) in [7, 11) is -3.36. The highest BCUT2D eigenvalue weighted by molar-refractivity contribution is 7.87. The molecule has 0 aliphatic carbocycles. The Balaban J connectivity index is 2.76. The molecule has 0 unspecified atom stereocenters. The molecule has 96 valence electrons. The highest BCUT2D eigenvalue weighted by atomic mass is 35.5. The van der Waals surface area contributed by atoms with Gasteiger partial charge in [-0.2, -0.15) is 17.4 Å². The zero-order chi connectivity index (χ0) is 12.2. The van der Waals surface area contributed by atoms with Crippen LogP contribution in [0, 0.1) is 0 Å². The van der Waals surface area contributed by atoms with E-state index in [-0.39, 0.29) is 0 Å². The molecule has 1 rings (SSSR count). The molecule has 0 saturated carbocycles. The molecule has 1 fully saturated rings. The lowest BCUT2D eigenvalue weighted by Gasteiger charge is -2.32. The summed E-state index contributed by atoms with van der Waals surface area (Å²) >= 11 is 5.89. The summed E-state index contributed by atoms with van der Waals surface area (Å²) in [5.41, 5.74) is -0.497. The molecule has 1 heterocycles. The first kappa shape index (κ1) is 14.2. The van der Waals surface area contributed by atoms with Crippen LogP contribution in [0.4, 0.5) is 0 Å². The fraction of sp³-hybridized carbons (Fsp3) is 1.00. The number of nitrogens with one attached hydrogen (secondary N) is 1. The molecule has 0 amide bonds. The van der Waals surface area contributed by atoms with Gasteiger partial charge in [0.1, 0.15) is 0 Å². The summed E-state index contributed by atoms with van der Waals surface area (Å²) in [5.74, 6) is 0.313. The van der Waals surface area contributed by atoms with E-state index in [1.54, 1.807) is 0 Å². The van der Waals surface area contributed by atoms with Crippen LogP contribution in [0.5, 0.6) is 0 Å². The second kappa shape index (κ2) is 5.67. The van der Waals surface area contributed by atoms with E-state index in [0.29, 0.717) is 31.8 Å². The highest BCUT2D eigenvalue weighted by Gasteiger charge is 2.34. The molecule has 0 bridgehead atoms. The van der Waals surface area contributed by atoms with Crippen molar-refractivity contribution >= 4 is 21.8 Å². The summed E-state index contributed by atoms with van der Waals surface area (Å²) in [6.45, 7) is 5.17. The van der Waals surface area contributed by atoms with Crippen molar-refractivity contribution in [3.05, 3.63) is 0 Å². The molecular weight excluding hydrogens is 248 g/mol. The van der Waals surface area contributed by atoms with Crippen molar-refractivity contribution in [2.75, 3.05) is 19.0 Å². The minimum Gasteiger partial charge on any atom is -0.195 e. The van der Waals surface area contributed by atoms with Gasteiger partial charge in [-0.05, 0) is 25.7 Å². The second-order valence-corrected chi connectivity index (χ2v) is 6.27. The number of halogens is 1. The van der Waals surface area contributed by atoms with Gasteiger partial charge in [-0.1, -0.05) is 13.8 Å². The van der Waals surface area contributed by atoms with Crippen molar-refractivity contribution in [1.29, 1.82) is 0 Å². The molecular formula is C10H21ClN2O2S. The topological polar surface area (TPSA) is 49.4 Å². The van der Waals surface area contributed by atoms with Crippen LogP contribution in [-0.4, -0.2) is 37.2 Å². The van der Waals surface area contributed by atoms with Crippen LogP contribution in [0.2, 0.25) is 0 Å². The SMILES string of the molecule is CCC(CC)(CCl)NS(=O)(=O)N1CCCC1. The third kappa shape index (κ3) is 3.09. The van der Waals surface area contributed by atoms with Crippen LogP contribution >= 0.6 is 11.6 Å². The number of nitrogens with zero attached hydrogens (tertiary/aromatic N) is 1. The van der Waals surface area contributed by atoms with Crippen molar-refractivity contribution in [2.45, 2.75) is 45.1 Å². The molecule has 1 saturated heterocycles. The van der Waals surface area contributed by atoms with Gasteiger partial charge >= 0.3 is 0 Å². The van der Waals surface area contributed by atoms with Gasteiger partial charge in [-0.15, -0.1) is 11.6 Å². The van der Waals surface area contributed by atoms with Gasteiger partial charge in [0.05, 0.1) is 0 Å². The monoisotopic (exact) mass is 268 g/mol. The zero-order valence-corrected chi connectivity index (χ0v) is 11.6. The fourth-order valence-electron chi connectivity index (χ4n) is 1.88. The Morgan fingerprint density at radius 3 is 2.12 bits per heavy atom. The van der Waals surface area contributed by atoms with Gasteiger partial charge in [0.25, 0.3) is 10.2 Å². The number of hydrogen-bond acceptors (Lipinski definition) is 2. The maximum Gasteiger partial charge on any atom is 0.279 e. The molecule has 0 spiro atoms. The lowest BCUT2D eigenvalue weighted by Crippen LogP contribution is -2.53. The van der Waals surface area contributed by atoms with Gasteiger partial charge in [-0.3, -0.25) is 0 Å². The van der Waals surface area contributed by atoms with E-state index in [0.717, 1.165) is 12.8 Å². The minimum absolute atomic E-state index is 0.313. The van der Waals surface area contributed by atoms with Crippen molar-refractivity contribution in [3.8, 4) is 0 Å². The molecule has 0 atom stereocenters. The first-order valence-electron chi connectivity index (χ1n) is 5.84. The molecule has 1 aliphatic rings. The van der Waals surface area contributed by atoms with Crippen LogP contribution in [0.25, 0.3) is 0 Å². The quantitative estimate of drug-likeness (QED) is 0.746. The summed E-state index contributed by atoms with van der Waals surface area (Å²) in [6.07, 6.45) is 3.32. The number of rotatable bonds is 6. The average molecular weight is 269 g/mol. The summed E-state index contributed by atoms with van der Waals surface area (Å²) in [4.78, 5) is 0. The van der Waals surface area contributed by atoms with Crippen molar-refractivity contribution < 1.29 is 8.42 Å². The maximum atomic E-state index is 12.1. The largest absolute Gasteiger partial charge is 0.279 e. The van der Waals surface area contributed by atoms with Gasteiger partial charge in [0.2, 0.25) is 0 Å². The third-order valence-corrected chi connectivity index (χ3v) is 5.61. The van der Waals surface area contributed by atoms with Crippen LogP contribution < -0.4 is 4.72 Å². The Bertz CT molecular complexity index is 301. The lowest BCUT2D eigenvalue weighted by molar-refractivity contribution is 0.370. The maximum absolute atomic E-state index is 12.1. The molecule has 1 aliphatic heterocycles. The van der Waals surface area contributed by atoms with Crippen LogP contribution in [0.1, 0.15) is 39.5 Å². The highest BCUT2D eigenvalue weighted by Crippen LogP contribution is 2.21. The average Bonchev–Trinajstić information content (AvgIpc) is 2.80. The fourth-order valence-corrected chi connectivity index (χ4v) is 4.18.